The zero-order valence-corrected chi connectivity index (χ0v) is 24.0. The predicted octanol–water partition coefficient (Wildman–Crippen LogP) is 2.52. The Hall–Kier alpha value is -4.18. The first-order chi connectivity index (χ1) is 19.5. The Labute approximate surface area is 240 Å². The molecule has 3 aromatic rings. The highest BCUT2D eigenvalue weighted by atomic mass is 16.4. The van der Waals surface area contributed by atoms with E-state index in [1.807, 2.05) is 68.4 Å². The van der Waals surface area contributed by atoms with Crippen molar-refractivity contribution in [2.75, 3.05) is 0 Å². The van der Waals surface area contributed by atoms with Crippen molar-refractivity contribution in [2.24, 2.45) is 17.6 Å². The van der Waals surface area contributed by atoms with Crippen LogP contribution in [-0.4, -0.2) is 57.9 Å². The Bertz CT molecular complexity index is 1340. The largest absolute Gasteiger partial charge is 0.480 e. The summed E-state index contributed by atoms with van der Waals surface area (Å²) in [6.07, 6.45) is 2.49. The van der Waals surface area contributed by atoms with E-state index in [0.717, 1.165) is 22.0 Å². The van der Waals surface area contributed by atoms with Gasteiger partial charge in [-0.15, -0.1) is 0 Å². The van der Waals surface area contributed by atoms with Crippen molar-refractivity contribution < 1.29 is 24.3 Å². The van der Waals surface area contributed by atoms with Crippen molar-refractivity contribution >= 4 is 34.6 Å². The summed E-state index contributed by atoms with van der Waals surface area (Å²) in [6, 6.07) is 12.7. The number of carboxylic acids is 1. The Morgan fingerprint density at radius 3 is 2.02 bits per heavy atom. The second-order valence-electron chi connectivity index (χ2n) is 11.2. The van der Waals surface area contributed by atoms with Crippen molar-refractivity contribution in [1.29, 1.82) is 0 Å². The van der Waals surface area contributed by atoms with Gasteiger partial charge in [0, 0.05) is 29.9 Å². The van der Waals surface area contributed by atoms with E-state index in [1.54, 1.807) is 20.0 Å². The van der Waals surface area contributed by atoms with Gasteiger partial charge in [-0.25, -0.2) is 4.79 Å². The van der Waals surface area contributed by atoms with Gasteiger partial charge in [0.15, 0.2) is 0 Å². The summed E-state index contributed by atoms with van der Waals surface area (Å²) in [6.45, 7) is 7.30. The van der Waals surface area contributed by atoms with Gasteiger partial charge in [-0.2, -0.15) is 0 Å². The molecule has 0 radical (unpaired) electrons. The molecule has 0 aliphatic rings. The number of carbonyl (C=O) groups excluding carboxylic acids is 3. The molecule has 4 unspecified atom stereocenters. The van der Waals surface area contributed by atoms with Crippen molar-refractivity contribution in [2.45, 2.75) is 71.1 Å². The SMILES string of the molecule is CC(C)CC(N)C(=O)NC(Cc1ccccc1)C(=O)NC(Cc1c[nH]c2ccccc12)C(=O)NC(C(=O)O)C(C)C. The van der Waals surface area contributed by atoms with Crippen LogP contribution in [0.1, 0.15) is 45.2 Å². The Balaban J connectivity index is 1.90. The van der Waals surface area contributed by atoms with Crippen LogP contribution in [0, 0.1) is 11.8 Å². The van der Waals surface area contributed by atoms with Crippen molar-refractivity contribution in [3.8, 4) is 0 Å². The highest BCUT2D eigenvalue weighted by Gasteiger charge is 2.32. The van der Waals surface area contributed by atoms with Crippen LogP contribution >= 0.6 is 0 Å². The lowest BCUT2D eigenvalue weighted by atomic mass is 9.99. The molecule has 0 fully saturated rings. The molecule has 0 aliphatic heterocycles. The number of hydrogen-bond acceptors (Lipinski definition) is 5. The number of aromatic nitrogens is 1. The third-order valence-corrected chi connectivity index (χ3v) is 6.94. The van der Waals surface area contributed by atoms with E-state index in [0.29, 0.717) is 6.42 Å². The summed E-state index contributed by atoms with van der Waals surface area (Å²) in [5, 5.41) is 18.7. The van der Waals surface area contributed by atoms with E-state index in [1.165, 1.54) is 0 Å². The number of nitrogens with one attached hydrogen (secondary N) is 4. The van der Waals surface area contributed by atoms with E-state index in [9.17, 15) is 24.3 Å². The molecule has 0 saturated heterocycles. The third-order valence-electron chi connectivity index (χ3n) is 6.94. The zero-order valence-electron chi connectivity index (χ0n) is 24.0. The van der Waals surface area contributed by atoms with Gasteiger partial charge in [0.2, 0.25) is 17.7 Å². The minimum atomic E-state index is -1.17. The normalized spacial score (nSPS) is 14.3. The molecule has 4 atom stereocenters. The second kappa shape index (κ2) is 14.5. The van der Waals surface area contributed by atoms with Crippen molar-refractivity contribution in [1.82, 2.24) is 20.9 Å². The molecule has 0 bridgehead atoms. The quantitative estimate of drug-likeness (QED) is 0.176. The Morgan fingerprint density at radius 2 is 1.39 bits per heavy atom. The van der Waals surface area contributed by atoms with Gasteiger partial charge in [0.05, 0.1) is 6.04 Å². The molecule has 0 saturated carbocycles. The molecule has 3 amide bonds. The molecule has 3 rings (SSSR count). The lowest BCUT2D eigenvalue weighted by molar-refractivity contribution is -0.143. The van der Waals surface area contributed by atoms with E-state index in [4.69, 9.17) is 5.73 Å². The minimum Gasteiger partial charge on any atom is -0.480 e. The molecule has 2 aromatic carbocycles. The van der Waals surface area contributed by atoms with E-state index in [-0.39, 0.29) is 24.7 Å². The number of amides is 3. The van der Waals surface area contributed by atoms with E-state index in [2.05, 4.69) is 20.9 Å². The molecule has 0 aliphatic carbocycles. The van der Waals surface area contributed by atoms with Gasteiger partial charge in [-0.1, -0.05) is 76.2 Å². The van der Waals surface area contributed by atoms with Gasteiger partial charge in [0.25, 0.3) is 0 Å². The second-order valence-corrected chi connectivity index (χ2v) is 11.2. The van der Waals surface area contributed by atoms with Crippen LogP contribution in [0.4, 0.5) is 0 Å². The number of para-hydroxylation sites is 1. The maximum absolute atomic E-state index is 13.7. The first kappa shape index (κ1) is 31.3. The maximum Gasteiger partial charge on any atom is 0.326 e. The summed E-state index contributed by atoms with van der Waals surface area (Å²) in [5.74, 6) is -3.03. The molecule has 220 valence electrons. The van der Waals surface area contributed by atoms with Crippen molar-refractivity contribution in [3.05, 3.63) is 71.9 Å². The predicted molar refractivity (Wildman–Crippen MR) is 158 cm³/mol. The number of fused-ring (bicyclic) bond motifs is 1. The molecule has 41 heavy (non-hydrogen) atoms. The number of rotatable bonds is 14. The summed E-state index contributed by atoms with van der Waals surface area (Å²) < 4.78 is 0. The number of benzene rings is 2. The lowest BCUT2D eigenvalue weighted by Crippen LogP contribution is -2.58. The van der Waals surface area contributed by atoms with Crippen LogP contribution < -0.4 is 21.7 Å². The third kappa shape index (κ3) is 8.91. The first-order valence-corrected chi connectivity index (χ1v) is 13.9. The number of carboxylic acid groups (broad SMARTS) is 1. The highest BCUT2D eigenvalue weighted by Crippen LogP contribution is 2.19. The topological polar surface area (TPSA) is 166 Å². The van der Waals surface area contributed by atoms with Crippen LogP contribution in [0.3, 0.4) is 0 Å². The summed E-state index contributed by atoms with van der Waals surface area (Å²) in [7, 11) is 0. The summed E-state index contributed by atoms with van der Waals surface area (Å²) in [5.41, 5.74) is 8.56. The van der Waals surface area contributed by atoms with Gasteiger partial charge in [0.1, 0.15) is 18.1 Å². The summed E-state index contributed by atoms with van der Waals surface area (Å²) in [4.78, 5) is 55.1. The number of hydrogen-bond donors (Lipinski definition) is 6. The molecular weight excluding hydrogens is 522 g/mol. The number of H-pyrrole nitrogens is 1. The lowest BCUT2D eigenvalue weighted by Gasteiger charge is -2.26. The van der Waals surface area contributed by atoms with Crippen LogP contribution in [-0.2, 0) is 32.0 Å². The smallest absolute Gasteiger partial charge is 0.326 e. The fourth-order valence-electron chi connectivity index (χ4n) is 4.72. The molecular formula is C31H41N5O5. The van der Waals surface area contributed by atoms with Crippen LogP contribution in [0.5, 0.6) is 0 Å². The van der Waals surface area contributed by atoms with Crippen molar-refractivity contribution in [3.63, 3.8) is 0 Å². The first-order valence-electron chi connectivity index (χ1n) is 13.9. The minimum absolute atomic E-state index is 0.102. The number of aliphatic carboxylic acids is 1. The van der Waals surface area contributed by atoms with Crippen LogP contribution in [0.2, 0.25) is 0 Å². The fraction of sp³-hybridized carbons (Fsp3) is 0.419. The average molecular weight is 564 g/mol. The number of nitrogens with two attached hydrogens (primary N) is 1. The monoisotopic (exact) mass is 563 g/mol. The number of carbonyl (C=O) groups is 4. The number of aromatic amines is 1. The molecule has 0 spiro atoms. The molecule has 10 nitrogen and oxygen atoms in total. The van der Waals surface area contributed by atoms with E-state index < -0.39 is 47.9 Å². The Morgan fingerprint density at radius 1 is 0.805 bits per heavy atom. The fourth-order valence-corrected chi connectivity index (χ4v) is 4.72. The maximum atomic E-state index is 13.7. The summed E-state index contributed by atoms with van der Waals surface area (Å²) >= 11 is 0. The van der Waals surface area contributed by atoms with Gasteiger partial charge in [-0.3, -0.25) is 14.4 Å². The zero-order chi connectivity index (χ0) is 30.1. The highest BCUT2D eigenvalue weighted by molar-refractivity contribution is 5.95. The van der Waals surface area contributed by atoms with Crippen LogP contribution in [0.15, 0.2) is 60.8 Å². The molecule has 7 N–H and O–H groups in total. The van der Waals surface area contributed by atoms with Gasteiger partial charge >= 0.3 is 5.97 Å². The molecule has 1 aromatic heterocycles. The molecule has 10 heteroatoms. The molecule has 1 heterocycles. The van der Waals surface area contributed by atoms with Gasteiger partial charge < -0.3 is 31.8 Å². The average Bonchev–Trinajstić information content (AvgIpc) is 3.33. The Kier molecular flexibility index (Phi) is 11.0. The van der Waals surface area contributed by atoms with E-state index >= 15 is 0 Å². The standard InChI is InChI=1S/C31H41N5O5/c1-18(2)14-23(32)28(37)34-25(15-20-10-6-5-7-11-20)29(38)35-26(30(39)36-27(19(3)4)31(40)41)16-21-17-33-24-13-9-8-12-22(21)24/h5-13,17-19,23,25-27,33H,14-16,32H2,1-4H3,(H,34,37)(H,35,38)(H,36,39)(H,40,41). The van der Waals surface area contributed by atoms with Crippen LogP contribution in [0.25, 0.3) is 10.9 Å². The van der Waals surface area contributed by atoms with Gasteiger partial charge in [-0.05, 0) is 35.4 Å².